The topological polar surface area (TPSA) is 47.3 Å². The van der Waals surface area contributed by atoms with Crippen molar-refractivity contribution in [1.82, 2.24) is 10.5 Å². The molecule has 0 saturated heterocycles. The fraction of sp³-hybridized carbons (Fsp3) is 0.812. The lowest BCUT2D eigenvalue weighted by Crippen LogP contribution is -2.21. The molecule has 1 heterocycles. The van der Waals surface area contributed by atoms with Crippen molar-refractivity contribution in [2.45, 2.75) is 78.5 Å². The molecule has 0 unspecified atom stereocenters. The highest BCUT2D eigenvalue weighted by Gasteiger charge is 2.04. The number of aromatic nitrogens is 1. The molecule has 20 heavy (non-hydrogen) atoms. The molecule has 4 nitrogen and oxygen atoms in total. The molecule has 0 aliphatic heterocycles. The quantitative estimate of drug-likeness (QED) is 0.588. The minimum absolute atomic E-state index is 0.458. The van der Waals surface area contributed by atoms with Crippen LogP contribution in [0.4, 0.5) is 0 Å². The van der Waals surface area contributed by atoms with Crippen LogP contribution in [0.3, 0.4) is 0 Å². The van der Waals surface area contributed by atoms with Gasteiger partial charge in [-0.05, 0) is 6.42 Å². The molecule has 0 aliphatic rings. The molecule has 0 bridgehead atoms. The van der Waals surface area contributed by atoms with Gasteiger partial charge < -0.3 is 14.6 Å². The molecule has 0 spiro atoms. The van der Waals surface area contributed by atoms with Crippen molar-refractivity contribution in [1.29, 1.82) is 0 Å². The molecule has 0 aromatic carbocycles. The molecule has 1 rings (SSSR count). The summed E-state index contributed by atoms with van der Waals surface area (Å²) in [7, 11) is 0. The second-order valence-electron chi connectivity index (χ2n) is 5.64. The van der Waals surface area contributed by atoms with Crippen LogP contribution in [0.15, 0.2) is 10.6 Å². The minimum Gasteiger partial charge on any atom is -0.373 e. The van der Waals surface area contributed by atoms with Gasteiger partial charge in [-0.25, -0.2) is 0 Å². The Hall–Kier alpha value is -0.870. The first-order valence-corrected chi connectivity index (χ1v) is 7.98. The van der Waals surface area contributed by atoms with Gasteiger partial charge in [0.1, 0.15) is 6.61 Å². The summed E-state index contributed by atoms with van der Waals surface area (Å²) in [5.74, 6) is 0.816. The molecule has 0 saturated carbocycles. The van der Waals surface area contributed by atoms with Crippen LogP contribution >= 0.6 is 0 Å². The van der Waals surface area contributed by atoms with Crippen molar-refractivity contribution in [3.8, 4) is 0 Å². The van der Waals surface area contributed by atoms with Gasteiger partial charge in [0.15, 0.2) is 5.76 Å². The number of unbranched alkanes of at least 4 members (excludes halogenated alkanes) is 5. The minimum atomic E-state index is 0.458. The lowest BCUT2D eigenvalue weighted by atomic mass is 10.1. The smallest absolute Gasteiger partial charge is 0.162 e. The molecule has 0 fully saturated rings. The van der Waals surface area contributed by atoms with Gasteiger partial charge in [0.05, 0.1) is 5.69 Å². The summed E-state index contributed by atoms with van der Waals surface area (Å²) in [6.45, 7) is 8.56. The molecular weight excluding hydrogens is 252 g/mol. The van der Waals surface area contributed by atoms with E-state index in [1.165, 1.54) is 32.1 Å². The van der Waals surface area contributed by atoms with Gasteiger partial charge >= 0.3 is 0 Å². The zero-order valence-electron chi connectivity index (χ0n) is 13.3. The van der Waals surface area contributed by atoms with E-state index in [-0.39, 0.29) is 0 Å². The standard InChI is InChI=1S/C16H30N2O2/c1-4-5-6-7-8-9-10-19-13-16-11-15(18-20-16)12-17-14(2)3/h11,14,17H,4-10,12-13H2,1-3H3. The molecule has 4 heteroatoms. The average molecular weight is 282 g/mol. The molecule has 116 valence electrons. The van der Waals surface area contributed by atoms with Crippen LogP contribution in [0, 0.1) is 0 Å². The van der Waals surface area contributed by atoms with Gasteiger partial charge in [-0.3, -0.25) is 0 Å². The third-order valence-corrected chi connectivity index (χ3v) is 3.19. The van der Waals surface area contributed by atoms with Crippen LogP contribution in [-0.2, 0) is 17.9 Å². The summed E-state index contributed by atoms with van der Waals surface area (Å²) in [4.78, 5) is 0. The van der Waals surface area contributed by atoms with E-state index in [1.54, 1.807) is 0 Å². The Morgan fingerprint density at radius 2 is 1.95 bits per heavy atom. The third-order valence-electron chi connectivity index (χ3n) is 3.19. The zero-order valence-corrected chi connectivity index (χ0v) is 13.3. The molecule has 0 radical (unpaired) electrons. The van der Waals surface area contributed by atoms with E-state index < -0.39 is 0 Å². The van der Waals surface area contributed by atoms with Crippen LogP contribution < -0.4 is 5.32 Å². The molecule has 0 atom stereocenters. The number of hydrogen-bond acceptors (Lipinski definition) is 4. The Kier molecular flexibility index (Phi) is 9.33. The summed E-state index contributed by atoms with van der Waals surface area (Å²) in [5.41, 5.74) is 0.942. The van der Waals surface area contributed by atoms with E-state index in [9.17, 15) is 0 Å². The van der Waals surface area contributed by atoms with Gasteiger partial charge in [0.25, 0.3) is 0 Å². The fourth-order valence-electron chi connectivity index (χ4n) is 1.97. The largest absolute Gasteiger partial charge is 0.373 e. The molecule has 0 amide bonds. The predicted molar refractivity (Wildman–Crippen MR) is 81.5 cm³/mol. The van der Waals surface area contributed by atoms with Crippen molar-refractivity contribution in [2.75, 3.05) is 6.61 Å². The summed E-state index contributed by atoms with van der Waals surface area (Å²) < 4.78 is 10.9. The normalized spacial score (nSPS) is 11.4. The van der Waals surface area contributed by atoms with E-state index in [4.69, 9.17) is 9.26 Å². The molecule has 1 aromatic rings. The Labute approximate surface area is 123 Å². The van der Waals surface area contributed by atoms with Gasteiger partial charge in [0, 0.05) is 25.3 Å². The van der Waals surface area contributed by atoms with E-state index in [0.717, 1.165) is 31.0 Å². The van der Waals surface area contributed by atoms with Crippen LogP contribution in [-0.4, -0.2) is 17.8 Å². The monoisotopic (exact) mass is 282 g/mol. The Balaban J connectivity index is 2.01. The van der Waals surface area contributed by atoms with Crippen LogP contribution in [0.1, 0.15) is 70.8 Å². The highest BCUT2D eigenvalue weighted by atomic mass is 16.5. The number of nitrogens with zero attached hydrogens (tertiary/aromatic N) is 1. The summed E-state index contributed by atoms with van der Waals surface area (Å²) in [6.07, 6.45) is 7.73. The molecule has 1 aromatic heterocycles. The molecular formula is C16H30N2O2. The van der Waals surface area contributed by atoms with Gasteiger partial charge in [0.2, 0.25) is 0 Å². The van der Waals surface area contributed by atoms with E-state index in [1.807, 2.05) is 6.07 Å². The number of hydrogen-bond donors (Lipinski definition) is 1. The first-order valence-electron chi connectivity index (χ1n) is 7.98. The van der Waals surface area contributed by atoms with Gasteiger partial charge in [-0.2, -0.15) is 0 Å². The SMILES string of the molecule is CCCCCCCCOCc1cc(CNC(C)C)no1. The van der Waals surface area contributed by atoms with Crippen LogP contribution in [0.5, 0.6) is 0 Å². The maximum Gasteiger partial charge on any atom is 0.162 e. The third kappa shape index (κ3) is 8.33. The first kappa shape index (κ1) is 17.2. The van der Waals surface area contributed by atoms with Crippen LogP contribution in [0.25, 0.3) is 0 Å². The highest BCUT2D eigenvalue weighted by molar-refractivity contribution is 5.04. The Morgan fingerprint density at radius 3 is 2.70 bits per heavy atom. The summed E-state index contributed by atoms with van der Waals surface area (Å²) in [6, 6.07) is 2.43. The molecule has 1 N–H and O–H groups in total. The first-order chi connectivity index (χ1) is 9.72. The zero-order chi connectivity index (χ0) is 14.6. The number of ether oxygens (including phenoxy) is 1. The Bertz CT molecular complexity index is 337. The lowest BCUT2D eigenvalue weighted by Gasteiger charge is -2.03. The highest BCUT2D eigenvalue weighted by Crippen LogP contribution is 2.08. The van der Waals surface area contributed by atoms with Crippen molar-refractivity contribution >= 4 is 0 Å². The second-order valence-corrected chi connectivity index (χ2v) is 5.64. The summed E-state index contributed by atoms with van der Waals surface area (Å²) >= 11 is 0. The van der Waals surface area contributed by atoms with E-state index in [0.29, 0.717) is 12.6 Å². The maximum absolute atomic E-state index is 5.61. The van der Waals surface area contributed by atoms with E-state index >= 15 is 0 Å². The summed E-state index contributed by atoms with van der Waals surface area (Å²) in [5, 5.41) is 7.33. The Morgan fingerprint density at radius 1 is 1.20 bits per heavy atom. The number of nitrogens with one attached hydrogen (secondary N) is 1. The van der Waals surface area contributed by atoms with Crippen molar-refractivity contribution in [2.24, 2.45) is 0 Å². The average Bonchev–Trinajstić information content (AvgIpc) is 2.87. The second kappa shape index (κ2) is 10.9. The maximum atomic E-state index is 5.61. The van der Waals surface area contributed by atoms with Crippen molar-refractivity contribution in [3.63, 3.8) is 0 Å². The number of rotatable bonds is 12. The fourth-order valence-corrected chi connectivity index (χ4v) is 1.97. The van der Waals surface area contributed by atoms with Gasteiger partial charge in [-0.1, -0.05) is 58.0 Å². The predicted octanol–water partition coefficient (Wildman–Crippen LogP) is 4.05. The molecule has 0 aliphatic carbocycles. The van der Waals surface area contributed by atoms with E-state index in [2.05, 4.69) is 31.2 Å². The van der Waals surface area contributed by atoms with Crippen molar-refractivity contribution < 1.29 is 9.26 Å². The van der Waals surface area contributed by atoms with Gasteiger partial charge in [-0.15, -0.1) is 0 Å². The van der Waals surface area contributed by atoms with Crippen molar-refractivity contribution in [3.05, 3.63) is 17.5 Å². The van der Waals surface area contributed by atoms with Crippen LogP contribution in [0.2, 0.25) is 0 Å². The lowest BCUT2D eigenvalue weighted by molar-refractivity contribution is 0.0975.